The van der Waals surface area contributed by atoms with Crippen LogP contribution in [-0.2, 0) is 13.0 Å². The molecule has 0 saturated carbocycles. The molecule has 1 heterocycles. The summed E-state index contributed by atoms with van der Waals surface area (Å²) in [6.07, 6.45) is 7.44. The van der Waals surface area contributed by atoms with Gasteiger partial charge in [0.25, 0.3) is 0 Å². The van der Waals surface area contributed by atoms with Gasteiger partial charge >= 0.3 is 0 Å². The molecule has 1 N–H and O–H groups in total. The molecular formula is C16H21N3O. The normalized spacial score (nSPS) is 17.8. The van der Waals surface area contributed by atoms with Crippen LogP contribution in [-0.4, -0.2) is 23.4 Å². The largest absolute Gasteiger partial charge is 0.497 e. The number of rotatable bonds is 5. The summed E-state index contributed by atoms with van der Waals surface area (Å²) in [6.45, 7) is 1.84. The van der Waals surface area contributed by atoms with Gasteiger partial charge in [-0.15, -0.1) is 0 Å². The van der Waals surface area contributed by atoms with E-state index in [4.69, 9.17) is 4.74 Å². The van der Waals surface area contributed by atoms with E-state index in [1.165, 1.54) is 30.4 Å². The third-order valence-electron chi connectivity index (χ3n) is 3.96. The first kappa shape index (κ1) is 13.2. The topological polar surface area (TPSA) is 39.1 Å². The molecule has 1 aromatic heterocycles. The van der Waals surface area contributed by atoms with Crippen molar-refractivity contribution in [3.63, 3.8) is 0 Å². The number of fused-ring (bicyclic) bond motifs is 1. The Labute approximate surface area is 119 Å². The Morgan fingerprint density at radius 1 is 1.45 bits per heavy atom. The first-order chi connectivity index (χ1) is 9.86. The highest BCUT2D eigenvalue weighted by Crippen LogP contribution is 2.32. The molecule has 0 radical (unpaired) electrons. The number of benzene rings is 1. The zero-order chi connectivity index (χ0) is 13.8. The van der Waals surface area contributed by atoms with Crippen molar-refractivity contribution in [3.8, 4) is 5.75 Å². The van der Waals surface area contributed by atoms with Crippen molar-refractivity contribution in [2.24, 2.45) is 0 Å². The minimum atomic E-state index is 0.435. The van der Waals surface area contributed by atoms with Crippen LogP contribution in [0.15, 0.2) is 36.7 Å². The molecule has 0 bridgehead atoms. The molecule has 1 aliphatic carbocycles. The molecule has 0 aliphatic heterocycles. The lowest BCUT2D eigenvalue weighted by atomic mass is 9.87. The van der Waals surface area contributed by atoms with Crippen molar-refractivity contribution < 1.29 is 4.74 Å². The van der Waals surface area contributed by atoms with E-state index in [1.807, 2.05) is 23.1 Å². The monoisotopic (exact) mass is 271 g/mol. The lowest BCUT2D eigenvalue weighted by molar-refractivity contribution is 0.406. The molecule has 3 rings (SSSR count). The van der Waals surface area contributed by atoms with Gasteiger partial charge in [0.15, 0.2) is 0 Å². The Balaban J connectivity index is 1.66. The smallest absolute Gasteiger partial charge is 0.119 e. The number of methoxy groups -OCH3 is 1. The second-order valence-electron chi connectivity index (χ2n) is 5.23. The summed E-state index contributed by atoms with van der Waals surface area (Å²) >= 11 is 0. The fourth-order valence-electron chi connectivity index (χ4n) is 2.90. The molecular weight excluding hydrogens is 250 g/mol. The maximum atomic E-state index is 5.35. The van der Waals surface area contributed by atoms with Crippen molar-refractivity contribution in [3.05, 3.63) is 47.8 Å². The van der Waals surface area contributed by atoms with E-state index in [1.54, 1.807) is 7.11 Å². The van der Waals surface area contributed by atoms with Gasteiger partial charge in [0.05, 0.1) is 13.7 Å². The van der Waals surface area contributed by atoms with Crippen molar-refractivity contribution in [2.75, 3.05) is 13.7 Å². The first-order valence-corrected chi connectivity index (χ1v) is 7.24. The Morgan fingerprint density at radius 3 is 3.20 bits per heavy atom. The maximum Gasteiger partial charge on any atom is 0.119 e. The lowest BCUT2D eigenvalue weighted by Crippen LogP contribution is -2.28. The standard InChI is InChI=1S/C16H21N3O/c1-20-14-7-6-13-4-2-5-16(15(13)12-14)17-9-11-19-10-3-8-18-19/h3,6-8,10,12,16-17H,2,4-5,9,11H2,1H3. The molecule has 1 aliphatic rings. The zero-order valence-corrected chi connectivity index (χ0v) is 11.9. The van der Waals surface area contributed by atoms with Crippen LogP contribution in [0.5, 0.6) is 5.75 Å². The van der Waals surface area contributed by atoms with E-state index >= 15 is 0 Å². The number of hydrogen-bond acceptors (Lipinski definition) is 3. The van der Waals surface area contributed by atoms with E-state index in [9.17, 15) is 0 Å². The maximum absolute atomic E-state index is 5.35. The fourth-order valence-corrected chi connectivity index (χ4v) is 2.90. The minimum absolute atomic E-state index is 0.435. The summed E-state index contributed by atoms with van der Waals surface area (Å²) in [6, 6.07) is 8.84. The molecule has 1 unspecified atom stereocenters. The molecule has 4 nitrogen and oxygen atoms in total. The average Bonchev–Trinajstić information content (AvgIpc) is 3.00. The Kier molecular flexibility index (Phi) is 4.02. The van der Waals surface area contributed by atoms with Gasteiger partial charge in [-0.25, -0.2) is 0 Å². The van der Waals surface area contributed by atoms with Crippen LogP contribution in [0.1, 0.15) is 30.0 Å². The Hall–Kier alpha value is -1.81. The fraction of sp³-hybridized carbons (Fsp3) is 0.438. The van der Waals surface area contributed by atoms with Gasteiger partial charge < -0.3 is 10.1 Å². The van der Waals surface area contributed by atoms with Gasteiger partial charge in [0.1, 0.15) is 5.75 Å². The van der Waals surface area contributed by atoms with Gasteiger partial charge in [0.2, 0.25) is 0 Å². The molecule has 0 saturated heterocycles. The van der Waals surface area contributed by atoms with Crippen LogP contribution in [0.3, 0.4) is 0 Å². The molecule has 1 atom stereocenters. The Morgan fingerprint density at radius 2 is 2.40 bits per heavy atom. The molecule has 1 aromatic carbocycles. The van der Waals surface area contributed by atoms with E-state index in [-0.39, 0.29) is 0 Å². The summed E-state index contributed by atoms with van der Waals surface area (Å²) in [7, 11) is 1.73. The highest BCUT2D eigenvalue weighted by Gasteiger charge is 2.20. The number of nitrogens with one attached hydrogen (secondary N) is 1. The summed E-state index contributed by atoms with van der Waals surface area (Å²) in [5.74, 6) is 0.949. The molecule has 2 aromatic rings. The van der Waals surface area contributed by atoms with Crippen LogP contribution in [0.25, 0.3) is 0 Å². The molecule has 0 spiro atoms. The minimum Gasteiger partial charge on any atom is -0.497 e. The predicted octanol–water partition coefficient (Wildman–Crippen LogP) is 2.56. The predicted molar refractivity (Wildman–Crippen MR) is 78.9 cm³/mol. The second kappa shape index (κ2) is 6.09. The summed E-state index contributed by atoms with van der Waals surface area (Å²) in [5.41, 5.74) is 2.85. The van der Waals surface area contributed by atoms with Crippen molar-refractivity contribution in [2.45, 2.75) is 31.8 Å². The van der Waals surface area contributed by atoms with Crippen LogP contribution in [0.4, 0.5) is 0 Å². The third-order valence-corrected chi connectivity index (χ3v) is 3.96. The van der Waals surface area contributed by atoms with Gasteiger partial charge in [-0.2, -0.15) is 5.10 Å². The quantitative estimate of drug-likeness (QED) is 0.908. The summed E-state index contributed by atoms with van der Waals surface area (Å²) < 4.78 is 7.31. The van der Waals surface area contributed by atoms with Crippen LogP contribution >= 0.6 is 0 Å². The number of aromatic nitrogens is 2. The van der Waals surface area contributed by atoms with Gasteiger partial charge in [-0.3, -0.25) is 4.68 Å². The van der Waals surface area contributed by atoms with Gasteiger partial charge in [-0.1, -0.05) is 6.07 Å². The zero-order valence-electron chi connectivity index (χ0n) is 11.9. The Bertz CT molecular complexity index is 551. The number of nitrogens with zero attached hydrogens (tertiary/aromatic N) is 2. The lowest BCUT2D eigenvalue weighted by Gasteiger charge is -2.27. The van der Waals surface area contributed by atoms with E-state index in [2.05, 4.69) is 28.6 Å². The molecule has 4 heteroatoms. The van der Waals surface area contributed by atoms with Crippen LogP contribution < -0.4 is 10.1 Å². The first-order valence-electron chi connectivity index (χ1n) is 7.24. The van der Waals surface area contributed by atoms with Crippen molar-refractivity contribution in [1.29, 1.82) is 0 Å². The molecule has 106 valence electrons. The second-order valence-corrected chi connectivity index (χ2v) is 5.23. The van der Waals surface area contributed by atoms with Crippen molar-refractivity contribution >= 4 is 0 Å². The SMILES string of the molecule is COc1ccc2c(c1)C(NCCn1cccn1)CCC2. The number of aryl methyl sites for hydroxylation is 1. The third kappa shape index (κ3) is 2.85. The summed E-state index contributed by atoms with van der Waals surface area (Å²) in [4.78, 5) is 0. The molecule has 0 amide bonds. The van der Waals surface area contributed by atoms with E-state index in [0.717, 1.165) is 18.8 Å². The van der Waals surface area contributed by atoms with Gasteiger partial charge in [-0.05, 0) is 48.6 Å². The van der Waals surface area contributed by atoms with Crippen molar-refractivity contribution in [1.82, 2.24) is 15.1 Å². The van der Waals surface area contributed by atoms with Gasteiger partial charge in [0, 0.05) is 25.0 Å². The highest BCUT2D eigenvalue weighted by molar-refractivity contribution is 5.39. The number of hydrogen-bond donors (Lipinski definition) is 1. The molecule has 0 fully saturated rings. The van der Waals surface area contributed by atoms with E-state index < -0.39 is 0 Å². The molecule has 20 heavy (non-hydrogen) atoms. The van der Waals surface area contributed by atoms with Crippen LogP contribution in [0, 0.1) is 0 Å². The number of ether oxygens (including phenoxy) is 1. The highest BCUT2D eigenvalue weighted by atomic mass is 16.5. The van der Waals surface area contributed by atoms with E-state index in [0.29, 0.717) is 6.04 Å². The summed E-state index contributed by atoms with van der Waals surface area (Å²) in [5, 5.41) is 7.88. The average molecular weight is 271 g/mol. The van der Waals surface area contributed by atoms with Crippen LogP contribution in [0.2, 0.25) is 0 Å².